The molecule has 5 rings (SSSR count). The molecule has 2 aromatic heterocycles. The summed E-state index contributed by atoms with van der Waals surface area (Å²) in [6.45, 7) is 3.24. The number of hydrogen-bond acceptors (Lipinski definition) is 9. The number of rotatable bonds is 12. The minimum atomic E-state index is -3.01. The molecule has 2 atom stereocenters. The van der Waals surface area contributed by atoms with E-state index in [1.54, 1.807) is 30.3 Å². The van der Waals surface area contributed by atoms with E-state index in [2.05, 4.69) is 20.3 Å². The average molecular weight is 718 g/mol. The van der Waals surface area contributed by atoms with E-state index >= 15 is 0 Å². The molecule has 1 amide bonds. The third-order valence-electron chi connectivity index (χ3n) is 7.92. The van der Waals surface area contributed by atoms with E-state index < -0.39 is 42.0 Å². The monoisotopic (exact) mass is 717 g/mol. The Kier molecular flexibility index (Phi) is 10.3. The highest BCUT2D eigenvalue weighted by atomic mass is 35.5. The van der Waals surface area contributed by atoms with Gasteiger partial charge in [0, 0.05) is 17.5 Å². The molecule has 0 saturated carbocycles. The number of aliphatic imine (C=N–C) groups is 1. The normalized spacial score (nSPS) is 17.3. The largest absolute Gasteiger partial charge is 0.463 e. The number of carbonyl (C=O) groups excluding carboxylic acids is 2. The first-order valence-corrected chi connectivity index (χ1v) is 16.0. The smallest absolute Gasteiger partial charge is 0.348 e. The number of alkyl halides is 4. The molecular weight excluding hydrogens is 682 g/mol. The summed E-state index contributed by atoms with van der Waals surface area (Å²) < 4.78 is 59.8. The average Bonchev–Trinajstić information content (AvgIpc) is 3.77. The van der Waals surface area contributed by atoms with Crippen LogP contribution in [0.4, 0.5) is 17.6 Å². The van der Waals surface area contributed by atoms with Gasteiger partial charge in [-0.15, -0.1) is 9.90 Å². The van der Waals surface area contributed by atoms with Crippen LogP contribution in [0.25, 0.3) is 22.6 Å². The Hall–Kier alpha value is -4.86. The van der Waals surface area contributed by atoms with Crippen LogP contribution in [0.2, 0.25) is 5.02 Å². The number of nitrogens with two attached hydrogens (primary N) is 1. The van der Waals surface area contributed by atoms with E-state index in [1.165, 1.54) is 23.2 Å². The number of ether oxygens (including phenoxy) is 1. The van der Waals surface area contributed by atoms with E-state index in [-0.39, 0.29) is 53.4 Å². The van der Waals surface area contributed by atoms with Gasteiger partial charge in [0.2, 0.25) is 0 Å². The topological polar surface area (TPSA) is 146 Å². The maximum Gasteiger partial charge on any atom is 0.348 e. The summed E-state index contributed by atoms with van der Waals surface area (Å²) in [5, 5.41) is 11.1. The quantitative estimate of drug-likeness (QED) is 0.125. The minimum Gasteiger partial charge on any atom is -0.463 e. The molecule has 50 heavy (non-hydrogen) atoms. The van der Waals surface area contributed by atoms with E-state index in [0.717, 1.165) is 6.33 Å². The summed E-state index contributed by atoms with van der Waals surface area (Å²) in [7, 11) is 0. The molecule has 4 aromatic rings. The number of carbonyl (C=O) groups is 2. The van der Waals surface area contributed by atoms with Crippen LogP contribution in [0.5, 0.6) is 0 Å². The second-order valence-corrected chi connectivity index (χ2v) is 13.9. The van der Waals surface area contributed by atoms with Gasteiger partial charge in [-0.2, -0.15) is 32.4 Å². The zero-order valence-corrected chi connectivity index (χ0v) is 28.7. The molecule has 0 radical (unpaired) electrons. The van der Waals surface area contributed by atoms with Crippen molar-refractivity contribution in [1.82, 2.24) is 34.7 Å². The van der Waals surface area contributed by atoms with Crippen LogP contribution < -0.4 is 5.73 Å². The van der Waals surface area contributed by atoms with Crippen LogP contribution in [-0.2, 0) is 19.9 Å². The Morgan fingerprint density at radius 3 is 2.34 bits per heavy atom. The molecule has 0 saturated heterocycles. The van der Waals surface area contributed by atoms with Crippen molar-refractivity contribution in [2.75, 3.05) is 6.61 Å². The molecule has 0 spiro atoms. The van der Waals surface area contributed by atoms with Crippen LogP contribution in [0.15, 0.2) is 60.0 Å². The number of aromatic nitrogens is 6. The lowest BCUT2D eigenvalue weighted by molar-refractivity contribution is -0.148. The summed E-state index contributed by atoms with van der Waals surface area (Å²) in [6.07, 6.45) is 2.48. The third-order valence-corrected chi connectivity index (χ3v) is 8.24. The third kappa shape index (κ3) is 7.49. The van der Waals surface area contributed by atoms with E-state index in [1.807, 2.05) is 34.6 Å². The van der Waals surface area contributed by atoms with Crippen LogP contribution in [0, 0.1) is 11.3 Å². The lowest BCUT2D eigenvalue weighted by atomic mass is 9.75. The molecule has 0 bridgehead atoms. The van der Waals surface area contributed by atoms with E-state index in [0.29, 0.717) is 26.2 Å². The Labute approximate surface area is 290 Å². The van der Waals surface area contributed by atoms with Crippen LogP contribution >= 0.6 is 11.6 Å². The van der Waals surface area contributed by atoms with Crippen LogP contribution in [0.3, 0.4) is 0 Å². The zero-order valence-electron chi connectivity index (χ0n) is 27.9. The molecule has 12 nitrogen and oxygen atoms in total. The molecular formula is C33H36ClF4N9O3. The molecule has 266 valence electrons. The van der Waals surface area contributed by atoms with Gasteiger partial charge in [0.15, 0.2) is 17.3 Å². The van der Waals surface area contributed by atoms with Gasteiger partial charge in [-0.25, -0.2) is 9.98 Å². The number of guanidine groups is 1. The van der Waals surface area contributed by atoms with Gasteiger partial charge in [-0.3, -0.25) is 14.5 Å². The van der Waals surface area contributed by atoms with Crippen molar-refractivity contribution in [2.24, 2.45) is 22.1 Å². The second-order valence-electron chi connectivity index (χ2n) is 13.5. The molecule has 3 heterocycles. The molecule has 0 aliphatic carbocycles. The fourth-order valence-corrected chi connectivity index (χ4v) is 6.09. The number of nitrogens with zero attached hydrogens (tertiary/aromatic N) is 8. The van der Waals surface area contributed by atoms with Gasteiger partial charge in [-0.05, 0) is 41.0 Å². The Morgan fingerprint density at radius 1 is 1.04 bits per heavy atom. The van der Waals surface area contributed by atoms with Gasteiger partial charge in [-0.1, -0.05) is 76.6 Å². The van der Waals surface area contributed by atoms with Crippen molar-refractivity contribution in [2.45, 2.75) is 72.1 Å². The Morgan fingerprint density at radius 2 is 1.74 bits per heavy atom. The maximum atomic E-state index is 14.8. The van der Waals surface area contributed by atoms with Crippen molar-refractivity contribution in [1.29, 1.82) is 0 Å². The number of halogens is 5. The molecule has 1 aliphatic rings. The van der Waals surface area contributed by atoms with Crippen molar-refractivity contribution in [3.63, 3.8) is 0 Å². The van der Waals surface area contributed by atoms with Crippen molar-refractivity contribution >= 4 is 29.4 Å². The predicted octanol–water partition coefficient (Wildman–Crippen LogP) is 6.77. The minimum absolute atomic E-state index is 0.00818. The van der Waals surface area contributed by atoms with Gasteiger partial charge in [0.1, 0.15) is 18.6 Å². The Bertz CT molecular complexity index is 1890. The molecule has 17 heteroatoms. The lowest BCUT2D eigenvalue weighted by Crippen LogP contribution is -2.47. The molecule has 2 N–H and O–H groups in total. The molecule has 0 unspecified atom stereocenters. The first-order valence-electron chi connectivity index (χ1n) is 15.6. The number of esters is 1. The first kappa shape index (κ1) is 36.4. The second kappa shape index (κ2) is 14.2. The number of amides is 1. The highest BCUT2D eigenvalue weighted by Crippen LogP contribution is 2.45. The summed E-state index contributed by atoms with van der Waals surface area (Å²) >= 11 is 6.46. The molecule has 0 fully saturated rings. The number of hydrogen-bond donors (Lipinski definition) is 1. The number of benzene rings is 2. The van der Waals surface area contributed by atoms with Gasteiger partial charge < -0.3 is 10.5 Å². The predicted molar refractivity (Wildman–Crippen MR) is 176 cm³/mol. The zero-order chi connectivity index (χ0) is 36.5. The summed E-state index contributed by atoms with van der Waals surface area (Å²) in [6, 6.07) is 9.98. The molecule has 1 aliphatic heterocycles. The maximum absolute atomic E-state index is 14.8. The van der Waals surface area contributed by atoms with Gasteiger partial charge >= 0.3 is 19.1 Å². The Balaban J connectivity index is 1.59. The first-order chi connectivity index (χ1) is 23.5. The fraction of sp³-hybridized carbons (Fsp3) is 0.424. The van der Waals surface area contributed by atoms with Gasteiger partial charge in [0.25, 0.3) is 5.91 Å². The standard InChI is InChI=1S/C33H36ClF4N9O3/c1-18(2)12-26(48)50-15-25(20-8-11-23(34)22(13-20)27-40-17-42-46(27)29(35)36)45-28(49)33(43-31(45)39,16-32(3,4)5)21-9-6-19(7-10-21)24-14-41-47(44-24)30(37)38/h6-11,13-14,17-18,25,29-30H,12,15-16H2,1-5H3,(H2,39,43)/t25-,33-/m1/s1. The van der Waals surface area contributed by atoms with Crippen molar-refractivity contribution in [3.05, 3.63) is 71.1 Å². The summed E-state index contributed by atoms with van der Waals surface area (Å²) in [4.78, 5) is 37.9. The van der Waals surface area contributed by atoms with Crippen molar-refractivity contribution in [3.8, 4) is 22.6 Å². The van der Waals surface area contributed by atoms with E-state index in [9.17, 15) is 27.2 Å². The fourth-order valence-electron chi connectivity index (χ4n) is 5.88. The summed E-state index contributed by atoms with van der Waals surface area (Å²) in [5.41, 5.74) is 6.15. The lowest BCUT2D eigenvalue weighted by Gasteiger charge is -2.35. The highest BCUT2D eigenvalue weighted by molar-refractivity contribution is 6.33. The molecule has 2 aromatic carbocycles. The van der Waals surface area contributed by atoms with Gasteiger partial charge in [0.05, 0.1) is 17.3 Å². The van der Waals surface area contributed by atoms with Crippen LogP contribution in [0.1, 0.15) is 77.7 Å². The van der Waals surface area contributed by atoms with Crippen molar-refractivity contribution < 1.29 is 31.9 Å². The summed E-state index contributed by atoms with van der Waals surface area (Å²) in [5.74, 6) is -1.43. The highest BCUT2D eigenvalue weighted by Gasteiger charge is 2.53. The van der Waals surface area contributed by atoms with Crippen LogP contribution in [-0.4, -0.2) is 59.1 Å². The SMILES string of the molecule is CC(C)CC(=O)OC[C@H](c1ccc(Cl)c(-c2ncnn2C(F)F)c1)N1C(=O)[C@@](CC(C)(C)C)(c2ccc(-c3cnn(C(F)F)n3)cc2)N=C1N. The van der Waals surface area contributed by atoms with E-state index in [4.69, 9.17) is 27.1 Å².